The number of carbonyl (C=O) groups excluding carboxylic acids is 1. The highest BCUT2D eigenvalue weighted by atomic mass is 16.5. The van der Waals surface area contributed by atoms with Gasteiger partial charge in [-0.1, -0.05) is 6.07 Å². The minimum absolute atomic E-state index is 0.0403. The van der Waals surface area contributed by atoms with Crippen LogP contribution in [-0.4, -0.2) is 89.9 Å². The Morgan fingerprint density at radius 3 is 2.38 bits per heavy atom. The van der Waals surface area contributed by atoms with E-state index in [4.69, 9.17) is 25.2 Å². The van der Waals surface area contributed by atoms with Gasteiger partial charge < -0.3 is 29.9 Å². The van der Waals surface area contributed by atoms with Crippen molar-refractivity contribution in [1.82, 2.24) is 24.8 Å². The number of hydrogen-bond acceptors (Lipinski definition) is 10. The van der Waals surface area contributed by atoms with Gasteiger partial charge in [0.2, 0.25) is 11.9 Å². The summed E-state index contributed by atoms with van der Waals surface area (Å²) in [5.74, 6) is 1.77. The van der Waals surface area contributed by atoms with Crippen molar-refractivity contribution in [3.05, 3.63) is 47.3 Å². The lowest BCUT2D eigenvalue weighted by molar-refractivity contribution is 0.0302. The van der Waals surface area contributed by atoms with Crippen LogP contribution in [-0.2, 0) is 15.9 Å². The molecule has 2 aromatic heterocycles. The van der Waals surface area contributed by atoms with Crippen molar-refractivity contribution in [1.29, 1.82) is 0 Å². The highest BCUT2D eigenvalue weighted by Crippen LogP contribution is 2.40. The molecule has 37 heavy (non-hydrogen) atoms. The number of carbonyl (C=O) groups is 1. The van der Waals surface area contributed by atoms with Crippen LogP contribution in [0.25, 0.3) is 11.3 Å². The second-order valence-electron chi connectivity index (χ2n) is 9.36. The van der Waals surface area contributed by atoms with Gasteiger partial charge in [-0.05, 0) is 31.0 Å². The number of nitrogen functional groups attached to an aromatic ring is 1. The Hall–Kier alpha value is -3.83. The summed E-state index contributed by atoms with van der Waals surface area (Å²) in [5.41, 5.74) is 11.0. The monoisotopic (exact) mass is 502 g/mol. The van der Waals surface area contributed by atoms with Gasteiger partial charge in [0.1, 0.15) is 5.82 Å². The van der Waals surface area contributed by atoms with Crippen LogP contribution in [0, 0.1) is 6.92 Å². The fraction of sp³-hybridized carbons (Fsp3) is 0.423. The molecule has 2 saturated heterocycles. The SMILES string of the molecule is Cc1c(C(=O)N2CCOCC2)cccc1N1CCc2c(-c3cnc(N)nc3)nc(N3CCOCC3)nc21. The first-order valence-electron chi connectivity index (χ1n) is 12.7. The summed E-state index contributed by atoms with van der Waals surface area (Å²) in [4.78, 5) is 38.0. The molecule has 6 rings (SSSR count). The van der Waals surface area contributed by atoms with E-state index in [2.05, 4.69) is 25.8 Å². The average molecular weight is 503 g/mol. The summed E-state index contributed by atoms with van der Waals surface area (Å²) in [6.45, 7) is 7.82. The molecule has 0 saturated carbocycles. The Bertz CT molecular complexity index is 1300. The largest absolute Gasteiger partial charge is 0.378 e. The number of anilines is 4. The number of morpholine rings is 2. The van der Waals surface area contributed by atoms with Crippen LogP contribution in [0.15, 0.2) is 30.6 Å². The number of ether oxygens (including phenoxy) is 2. The van der Waals surface area contributed by atoms with E-state index in [0.29, 0.717) is 51.0 Å². The van der Waals surface area contributed by atoms with Gasteiger partial charge in [-0.2, -0.15) is 4.98 Å². The third-order valence-electron chi connectivity index (χ3n) is 7.18. The van der Waals surface area contributed by atoms with Crippen LogP contribution < -0.4 is 15.5 Å². The Labute approximate surface area is 215 Å². The minimum Gasteiger partial charge on any atom is -0.378 e. The van der Waals surface area contributed by atoms with Crippen molar-refractivity contribution >= 4 is 29.3 Å². The van der Waals surface area contributed by atoms with Crippen LogP contribution in [0.5, 0.6) is 0 Å². The van der Waals surface area contributed by atoms with Crippen molar-refractivity contribution in [2.75, 3.05) is 74.7 Å². The molecule has 192 valence electrons. The van der Waals surface area contributed by atoms with Crippen molar-refractivity contribution < 1.29 is 14.3 Å². The Morgan fingerprint density at radius 1 is 0.946 bits per heavy atom. The Morgan fingerprint density at radius 2 is 1.65 bits per heavy atom. The Balaban J connectivity index is 1.42. The van der Waals surface area contributed by atoms with E-state index in [1.54, 1.807) is 12.4 Å². The van der Waals surface area contributed by atoms with Crippen molar-refractivity contribution in [2.45, 2.75) is 13.3 Å². The fourth-order valence-corrected chi connectivity index (χ4v) is 5.17. The summed E-state index contributed by atoms with van der Waals surface area (Å²) in [5, 5.41) is 0. The van der Waals surface area contributed by atoms with Crippen LogP contribution in [0.1, 0.15) is 21.5 Å². The third kappa shape index (κ3) is 4.44. The smallest absolute Gasteiger partial charge is 0.254 e. The minimum atomic E-state index is 0.0403. The van der Waals surface area contributed by atoms with E-state index in [-0.39, 0.29) is 11.9 Å². The van der Waals surface area contributed by atoms with E-state index in [1.165, 1.54) is 0 Å². The topological polar surface area (TPSA) is 123 Å². The zero-order valence-corrected chi connectivity index (χ0v) is 20.9. The highest BCUT2D eigenvalue weighted by molar-refractivity contribution is 5.97. The van der Waals surface area contributed by atoms with E-state index in [1.807, 2.05) is 24.0 Å². The zero-order chi connectivity index (χ0) is 25.4. The van der Waals surface area contributed by atoms with Gasteiger partial charge in [0.25, 0.3) is 5.91 Å². The van der Waals surface area contributed by atoms with Crippen molar-refractivity contribution in [3.8, 4) is 11.3 Å². The first-order valence-corrected chi connectivity index (χ1v) is 12.7. The average Bonchev–Trinajstić information content (AvgIpc) is 3.38. The molecule has 0 bridgehead atoms. The normalized spacial score (nSPS) is 17.7. The van der Waals surface area contributed by atoms with Crippen molar-refractivity contribution in [3.63, 3.8) is 0 Å². The molecule has 2 N–H and O–H groups in total. The molecule has 1 amide bonds. The number of benzene rings is 1. The standard InChI is InChI=1S/C26H30N8O3/c1-17-19(24(35)32-7-11-36-12-8-32)3-2-4-21(17)34-6-5-20-22(18-15-28-25(27)29-16-18)30-26(31-23(20)34)33-9-13-37-14-10-33/h2-4,15-16H,5-14H2,1H3,(H2,27,28,29). The van der Waals surface area contributed by atoms with E-state index >= 15 is 0 Å². The lowest BCUT2D eigenvalue weighted by Crippen LogP contribution is -2.41. The molecule has 3 aromatic rings. The lowest BCUT2D eigenvalue weighted by atomic mass is 10.0. The van der Waals surface area contributed by atoms with Gasteiger partial charge in [0, 0.05) is 67.5 Å². The molecule has 0 atom stereocenters. The van der Waals surface area contributed by atoms with Gasteiger partial charge in [0.15, 0.2) is 0 Å². The van der Waals surface area contributed by atoms with Gasteiger partial charge in [-0.15, -0.1) is 0 Å². The zero-order valence-electron chi connectivity index (χ0n) is 20.9. The van der Waals surface area contributed by atoms with E-state index in [0.717, 1.165) is 59.9 Å². The predicted octanol–water partition coefficient (Wildman–Crippen LogP) is 1.83. The molecule has 1 aromatic carbocycles. The molecular formula is C26H30N8O3. The molecule has 3 aliphatic heterocycles. The van der Waals surface area contributed by atoms with E-state index in [9.17, 15) is 4.79 Å². The first-order chi connectivity index (χ1) is 18.1. The molecule has 0 spiro atoms. The summed E-state index contributed by atoms with van der Waals surface area (Å²) in [7, 11) is 0. The summed E-state index contributed by atoms with van der Waals surface area (Å²) in [6.07, 6.45) is 4.19. The maximum Gasteiger partial charge on any atom is 0.254 e. The third-order valence-corrected chi connectivity index (χ3v) is 7.18. The second kappa shape index (κ2) is 9.91. The van der Waals surface area contributed by atoms with Crippen LogP contribution in [0.4, 0.5) is 23.4 Å². The van der Waals surface area contributed by atoms with Crippen molar-refractivity contribution in [2.24, 2.45) is 0 Å². The van der Waals surface area contributed by atoms with Gasteiger partial charge in [-0.25, -0.2) is 15.0 Å². The molecule has 0 radical (unpaired) electrons. The summed E-state index contributed by atoms with van der Waals surface area (Å²) >= 11 is 0. The summed E-state index contributed by atoms with van der Waals surface area (Å²) in [6, 6.07) is 5.92. The molecular weight excluding hydrogens is 472 g/mol. The molecule has 11 heteroatoms. The first kappa shape index (κ1) is 23.6. The number of nitrogens with two attached hydrogens (primary N) is 1. The van der Waals surface area contributed by atoms with Crippen LogP contribution in [0.3, 0.4) is 0 Å². The number of nitrogens with zero attached hydrogens (tertiary/aromatic N) is 7. The number of amides is 1. The molecule has 0 aliphatic carbocycles. The predicted molar refractivity (Wildman–Crippen MR) is 139 cm³/mol. The molecule has 0 unspecified atom stereocenters. The van der Waals surface area contributed by atoms with Gasteiger partial charge in [0.05, 0.1) is 32.1 Å². The lowest BCUT2D eigenvalue weighted by Gasteiger charge is -2.29. The van der Waals surface area contributed by atoms with E-state index < -0.39 is 0 Å². The van der Waals surface area contributed by atoms with Crippen LogP contribution >= 0.6 is 0 Å². The second-order valence-corrected chi connectivity index (χ2v) is 9.36. The number of hydrogen-bond donors (Lipinski definition) is 1. The maximum atomic E-state index is 13.3. The maximum absolute atomic E-state index is 13.3. The number of fused-ring (bicyclic) bond motifs is 1. The molecule has 5 heterocycles. The van der Waals surface area contributed by atoms with Crippen LogP contribution in [0.2, 0.25) is 0 Å². The fourth-order valence-electron chi connectivity index (χ4n) is 5.17. The number of rotatable bonds is 4. The highest BCUT2D eigenvalue weighted by Gasteiger charge is 2.31. The van der Waals surface area contributed by atoms with Gasteiger partial charge in [-0.3, -0.25) is 4.79 Å². The van der Waals surface area contributed by atoms with Gasteiger partial charge >= 0.3 is 0 Å². The quantitative estimate of drug-likeness (QED) is 0.565. The number of aromatic nitrogens is 4. The Kier molecular flexibility index (Phi) is 6.31. The molecule has 2 fully saturated rings. The molecule has 3 aliphatic rings. The summed E-state index contributed by atoms with van der Waals surface area (Å²) < 4.78 is 11.0. The molecule has 11 nitrogen and oxygen atoms in total.